The number of hydrogen-bond acceptors (Lipinski definition) is 0. The second-order valence-electron chi connectivity index (χ2n) is 11.5. The van der Waals surface area contributed by atoms with E-state index in [4.69, 9.17) is 0 Å². The van der Waals surface area contributed by atoms with Crippen molar-refractivity contribution < 1.29 is 4.48 Å². The van der Waals surface area contributed by atoms with Crippen LogP contribution in [0.15, 0.2) is 0 Å². The zero-order chi connectivity index (χ0) is 23.6. The number of rotatable bonds is 27. The molecule has 0 saturated heterocycles. The second kappa shape index (κ2) is 25.6. The summed E-state index contributed by atoms with van der Waals surface area (Å²) in [5, 5.41) is 0. The highest BCUT2D eigenvalue weighted by atomic mass is 15.3. The van der Waals surface area contributed by atoms with Crippen LogP contribution < -0.4 is 0 Å². The van der Waals surface area contributed by atoms with Crippen molar-refractivity contribution in [2.45, 2.75) is 174 Å². The van der Waals surface area contributed by atoms with E-state index in [-0.39, 0.29) is 0 Å². The van der Waals surface area contributed by atoms with Crippen LogP contribution >= 0.6 is 0 Å². The molecule has 0 aromatic heterocycles. The number of unbranched alkanes of at least 4 members (excludes halogenated alkanes) is 23. The quantitative estimate of drug-likeness (QED) is 0.0858. The molecule has 0 unspecified atom stereocenters. The van der Waals surface area contributed by atoms with Gasteiger partial charge >= 0.3 is 0 Å². The molecule has 0 N–H and O–H groups in total. The first-order valence-electron chi connectivity index (χ1n) is 15.4. The van der Waals surface area contributed by atoms with E-state index in [1.165, 1.54) is 178 Å². The van der Waals surface area contributed by atoms with Gasteiger partial charge in [-0.2, -0.15) is 0 Å². The Balaban J connectivity index is 3.29. The topological polar surface area (TPSA) is 0 Å². The summed E-state index contributed by atoms with van der Waals surface area (Å²) in [6, 6.07) is 0. The molecule has 1 nitrogen and oxygen atoms in total. The fraction of sp³-hybridized carbons (Fsp3) is 1.00. The molecular formula is C31H66N+. The van der Waals surface area contributed by atoms with Crippen LogP contribution in [-0.2, 0) is 0 Å². The smallest absolute Gasteiger partial charge is 0.0782 e. The summed E-state index contributed by atoms with van der Waals surface area (Å²) >= 11 is 0. The fourth-order valence-electron chi connectivity index (χ4n) is 5.05. The lowest BCUT2D eigenvalue weighted by Gasteiger charge is -2.30. The molecule has 0 heterocycles. The predicted octanol–water partition coefficient (Wildman–Crippen LogP) is 10.9. The number of hydrogen-bond donors (Lipinski definition) is 0. The van der Waals surface area contributed by atoms with Crippen LogP contribution in [0.3, 0.4) is 0 Å². The summed E-state index contributed by atoms with van der Waals surface area (Å²) in [4.78, 5) is 0. The van der Waals surface area contributed by atoms with Crippen molar-refractivity contribution in [3.05, 3.63) is 0 Å². The third-order valence-corrected chi connectivity index (χ3v) is 7.48. The third kappa shape index (κ3) is 26.2. The van der Waals surface area contributed by atoms with Gasteiger partial charge in [-0.1, -0.05) is 149 Å². The van der Waals surface area contributed by atoms with Gasteiger partial charge in [0.05, 0.1) is 27.2 Å². The molecule has 0 amide bonds. The summed E-state index contributed by atoms with van der Waals surface area (Å²) in [6.45, 7) is 7.38. The summed E-state index contributed by atoms with van der Waals surface area (Å²) in [5.41, 5.74) is 0. The van der Waals surface area contributed by atoms with Gasteiger partial charge < -0.3 is 4.48 Å². The van der Waals surface area contributed by atoms with Crippen molar-refractivity contribution in [2.75, 3.05) is 27.2 Å². The van der Waals surface area contributed by atoms with E-state index in [2.05, 4.69) is 27.9 Å². The molecule has 0 spiro atoms. The highest BCUT2D eigenvalue weighted by Crippen LogP contribution is 2.15. The molecule has 194 valence electrons. The zero-order valence-corrected chi connectivity index (χ0v) is 23.5. The largest absolute Gasteiger partial charge is 0.328 e. The number of quaternary nitrogens is 1. The molecule has 0 aliphatic carbocycles. The normalized spacial score (nSPS) is 12.0. The molecule has 0 bridgehead atoms. The molecule has 1 heteroatoms. The van der Waals surface area contributed by atoms with Crippen LogP contribution in [-0.4, -0.2) is 31.7 Å². The maximum atomic E-state index is 2.46. The lowest BCUT2D eigenvalue weighted by molar-refractivity contribution is -0.890. The number of nitrogens with zero attached hydrogens (tertiary/aromatic N) is 1. The first-order valence-corrected chi connectivity index (χ1v) is 15.4. The summed E-state index contributed by atoms with van der Waals surface area (Å²) in [5.74, 6) is 0. The Morgan fingerprint density at radius 3 is 0.688 bits per heavy atom. The summed E-state index contributed by atoms with van der Waals surface area (Å²) in [7, 11) is 4.91. The molecule has 0 aliphatic rings. The Hall–Kier alpha value is -0.0400. The van der Waals surface area contributed by atoms with Gasteiger partial charge in [-0.05, 0) is 25.7 Å². The first-order chi connectivity index (χ1) is 15.6. The standard InChI is InChI=1S/C31H66N/c1-5-7-9-11-13-15-17-19-21-23-25-27-29-31-32(3,4)30-28-26-24-22-20-18-16-14-12-10-8-6-2/h5-31H2,1-4H3/q+1. The van der Waals surface area contributed by atoms with Crippen molar-refractivity contribution in [2.24, 2.45) is 0 Å². The molecule has 0 rings (SSSR count). The van der Waals surface area contributed by atoms with Gasteiger partial charge in [0.1, 0.15) is 0 Å². The maximum absolute atomic E-state index is 2.46. The molecule has 0 atom stereocenters. The van der Waals surface area contributed by atoms with E-state index >= 15 is 0 Å². The first kappa shape index (κ1) is 32.0. The van der Waals surface area contributed by atoms with Gasteiger partial charge in [-0.25, -0.2) is 0 Å². The van der Waals surface area contributed by atoms with Crippen molar-refractivity contribution in [1.82, 2.24) is 0 Å². The minimum atomic E-state index is 1.25. The highest BCUT2D eigenvalue weighted by molar-refractivity contribution is 4.51. The van der Waals surface area contributed by atoms with Crippen LogP contribution in [0.4, 0.5) is 0 Å². The van der Waals surface area contributed by atoms with Gasteiger partial charge in [-0.3, -0.25) is 0 Å². The van der Waals surface area contributed by atoms with E-state index in [1.54, 1.807) is 0 Å². The summed E-state index contributed by atoms with van der Waals surface area (Å²) < 4.78 is 1.25. The van der Waals surface area contributed by atoms with Gasteiger partial charge in [0.2, 0.25) is 0 Å². The molecule has 0 aromatic rings. The van der Waals surface area contributed by atoms with E-state index in [0.29, 0.717) is 0 Å². The zero-order valence-electron chi connectivity index (χ0n) is 23.5. The fourth-order valence-corrected chi connectivity index (χ4v) is 5.05. The third-order valence-electron chi connectivity index (χ3n) is 7.48. The Kier molecular flexibility index (Phi) is 25.5. The summed E-state index contributed by atoms with van der Waals surface area (Å²) in [6.07, 6.45) is 36.5. The van der Waals surface area contributed by atoms with Gasteiger partial charge in [0.25, 0.3) is 0 Å². The van der Waals surface area contributed by atoms with E-state index in [1.807, 2.05) is 0 Å². The van der Waals surface area contributed by atoms with Crippen molar-refractivity contribution in [3.63, 3.8) is 0 Å². The Labute approximate surface area is 206 Å². The van der Waals surface area contributed by atoms with Gasteiger partial charge in [0.15, 0.2) is 0 Å². The Morgan fingerprint density at radius 2 is 0.469 bits per heavy atom. The molecule has 0 fully saturated rings. The average Bonchev–Trinajstić information content (AvgIpc) is 2.77. The predicted molar refractivity (Wildman–Crippen MR) is 149 cm³/mol. The highest BCUT2D eigenvalue weighted by Gasteiger charge is 2.13. The van der Waals surface area contributed by atoms with E-state index in [9.17, 15) is 0 Å². The molecular weight excluding hydrogens is 386 g/mol. The van der Waals surface area contributed by atoms with Crippen molar-refractivity contribution >= 4 is 0 Å². The molecule has 0 radical (unpaired) electrons. The molecule has 32 heavy (non-hydrogen) atoms. The van der Waals surface area contributed by atoms with E-state index < -0.39 is 0 Å². The Bertz CT molecular complexity index is 335. The minimum Gasteiger partial charge on any atom is -0.328 e. The van der Waals surface area contributed by atoms with E-state index in [0.717, 1.165) is 0 Å². The minimum absolute atomic E-state index is 1.25. The lowest BCUT2D eigenvalue weighted by Crippen LogP contribution is -2.41. The van der Waals surface area contributed by atoms with Crippen LogP contribution in [0.2, 0.25) is 0 Å². The van der Waals surface area contributed by atoms with Crippen LogP contribution in [0.5, 0.6) is 0 Å². The van der Waals surface area contributed by atoms with Gasteiger partial charge in [0, 0.05) is 0 Å². The maximum Gasteiger partial charge on any atom is 0.0782 e. The van der Waals surface area contributed by atoms with Crippen LogP contribution in [0, 0.1) is 0 Å². The van der Waals surface area contributed by atoms with Crippen LogP contribution in [0.1, 0.15) is 174 Å². The average molecular weight is 453 g/mol. The Morgan fingerprint density at radius 1 is 0.281 bits per heavy atom. The van der Waals surface area contributed by atoms with Gasteiger partial charge in [-0.15, -0.1) is 0 Å². The molecule has 0 aliphatic heterocycles. The second-order valence-corrected chi connectivity index (χ2v) is 11.5. The SMILES string of the molecule is CCCCCCCCCCCCCCC[N+](C)(C)CCCCCCCCCCCCCC. The molecule has 0 aromatic carbocycles. The lowest BCUT2D eigenvalue weighted by atomic mass is 10.0. The van der Waals surface area contributed by atoms with Crippen molar-refractivity contribution in [1.29, 1.82) is 0 Å². The van der Waals surface area contributed by atoms with Crippen molar-refractivity contribution in [3.8, 4) is 0 Å². The van der Waals surface area contributed by atoms with Crippen LogP contribution in [0.25, 0.3) is 0 Å². The monoisotopic (exact) mass is 453 g/mol. The molecule has 0 saturated carbocycles.